The van der Waals surface area contributed by atoms with Crippen LogP contribution in [0.4, 0.5) is 0 Å². The first-order valence-electron chi connectivity index (χ1n) is 7.19. The summed E-state index contributed by atoms with van der Waals surface area (Å²) < 4.78 is 0. The maximum Gasteiger partial charge on any atom is 0.307 e. The fraction of sp³-hybridized carbons (Fsp3) is 0.0556. The van der Waals surface area contributed by atoms with Gasteiger partial charge in [0.15, 0.2) is 0 Å². The van der Waals surface area contributed by atoms with Gasteiger partial charge < -0.3 is 10.1 Å². The number of H-pyrrole nitrogens is 1. The highest BCUT2D eigenvalue weighted by atomic mass is 35.5. The van der Waals surface area contributed by atoms with Gasteiger partial charge in [-0.25, -0.2) is 0 Å². The van der Waals surface area contributed by atoms with E-state index in [0.717, 1.165) is 5.39 Å². The molecule has 0 aliphatic carbocycles. The lowest BCUT2D eigenvalue weighted by Gasteiger charge is -2.02. The van der Waals surface area contributed by atoms with Crippen molar-refractivity contribution in [2.75, 3.05) is 0 Å². The minimum absolute atomic E-state index is 0.220. The number of aliphatic carboxylic acids is 1. The first kappa shape index (κ1) is 19.8. The third-order valence-corrected chi connectivity index (χ3v) is 4.35. The topological polar surface area (TPSA) is 93.9 Å². The third-order valence-electron chi connectivity index (χ3n) is 3.37. The molecule has 0 saturated heterocycles. The Balaban J connectivity index is 0.000000187. The van der Waals surface area contributed by atoms with E-state index in [4.69, 9.17) is 45.2 Å². The predicted molar refractivity (Wildman–Crippen MR) is 102 cm³/mol. The average Bonchev–Trinajstić information content (AvgIpc) is 2.58. The normalized spacial score (nSPS) is 9.92. The maximum absolute atomic E-state index is 11.1. The van der Waals surface area contributed by atoms with Crippen LogP contribution in [0.2, 0.25) is 15.2 Å². The second-order valence-corrected chi connectivity index (χ2v) is 6.29. The quantitative estimate of drug-likeness (QED) is 0.601. The number of carboxylic acids is 1. The molecule has 132 valence electrons. The zero-order chi connectivity index (χ0) is 19.3. The number of aromatic amines is 1. The lowest BCUT2D eigenvalue weighted by Crippen LogP contribution is -2.03. The van der Waals surface area contributed by atoms with E-state index in [1.807, 2.05) is 6.07 Å². The molecule has 0 fully saturated rings. The molecular formula is C18H11Cl3N2O3. The van der Waals surface area contributed by atoms with Gasteiger partial charge in [-0.2, -0.15) is 5.26 Å². The van der Waals surface area contributed by atoms with E-state index in [0.29, 0.717) is 31.7 Å². The van der Waals surface area contributed by atoms with Crippen molar-refractivity contribution in [3.63, 3.8) is 0 Å². The first-order chi connectivity index (χ1) is 12.3. The largest absolute Gasteiger partial charge is 0.481 e. The van der Waals surface area contributed by atoms with Crippen molar-refractivity contribution in [2.24, 2.45) is 0 Å². The summed E-state index contributed by atoms with van der Waals surface area (Å²) >= 11 is 17.4. The second-order valence-electron chi connectivity index (χ2n) is 5.10. The average molecular weight is 410 g/mol. The van der Waals surface area contributed by atoms with Gasteiger partial charge in [0.25, 0.3) is 0 Å². The standard InChI is InChI=1S/C9H5Cl2NO.C9H6ClNO2/c10-7-3-1-2-5-6(7)4-8(13)12-9(5)11;10-8-3-1-2-6(5-11)7(8)4-9(12)13/h1-4H,(H,12,13);1-3H,4H2,(H,12,13). The molecule has 2 aromatic carbocycles. The number of rotatable bonds is 2. The zero-order valence-electron chi connectivity index (χ0n) is 13.1. The first-order valence-corrected chi connectivity index (χ1v) is 8.33. The van der Waals surface area contributed by atoms with Crippen molar-refractivity contribution in [1.82, 2.24) is 4.98 Å². The summed E-state index contributed by atoms with van der Waals surface area (Å²) in [6, 6.07) is 13.4. The number of aromatic nitrogens is 1. The smallest absolute Gasteiger partial charge is 0.307 e. The molecule has 0 aliphatic rings. The Morgan fingerprint density at radius 2 is 1.73 bits per heavy atom. The Hall–Kier alpha value is -2.52. The van der Waals surface area contributed by atoms with Crippen LogP contribution in [0.15, 0.2) is 47.3 Å². The highest BCUT2D eigenvalue weighted by Gasteiger charge is 2.09. The number of fused-ring (bicyclic) bond motifs is 1. The Morgan fingerprint density at radius 3 is 2.38 bits per heavy atom. The minimum atomic E-state index is -0.996. The predicted octanol–water partition coefficient (Wildman–Crippen LogP) is 4.67. The maximum atomic E-state index is 11.1. The minimum Gasteiger partial charge on any atom is -0.481 e. The lowest BCUT2D eigenvalue weighted by molar-refractivity contribution is -0.136. The van der Waals surface area contributed by atoms with E-state index in [-0.39, 0.29) is 12.0 Å². The summed E-state index contributed by atoms with van der Waals surface area (Å²) in [5, 5.41) is 19.8. The van der Waals surface area contributed by atoms with Gasteiger partial charge in [0.2, 0.25) is 5.56 Å². The molecule has 0 amide bonds. The molecule has 8 heteroatoms. The Labute approximate surface area is 163 Å². The van der Waals surface area contributed by atoms with Crippen LogP contribution in [0.3, 0.4) is 0 Å². The molecule has 0 bridgehead atoms. The Bertz CT molecular complexity index is 1070. The van der Waals surface area contributed by atoms with Crippen LogP contribution in [0, 0.1) is 11.3 Å². The number of carboxylic acid groups (broad SMARTS) is 1. The molecule has 5 nitrogen and oxygen atoms in total. The van der Waals surface area contributed by atoms with Gasteiger partial charge in [-0.15, -0.1) is 0 Å². The number of hydrogen-bond acceptors (Lipinski definition) is 3. The molecule has 3 rings (SSSR count). The van der Waals surface area contributed by atoms with E-state index in [2.05, 4.69) is 4.98 Å². The van der Waals surface area contributed by atoms with Crippen molar-refractivity contribution in [3.8, 4) is 6.07 Å². The van der Waals surface area contributed by atoms with Gasteiger partial charge in [0.05, 0.1) is 18.1 Å². The molecule has 3 aromatic rings. The summed E-state index contributed by atoms with van der Waals surface area (Å²) in [4.78, 5) is 24.0. The van der Waals surface area contributed by atoms with Crippen LogP contribution in [0.1, 0.15) is 11.1 Å². The number of nitriles is 1. The van der Waals surface area contributed by atoms with Gasteiger partial charge >= 0.3 is 5.97 Å². The van der Waals surface area contributed by atoms with E-state index >= 15 is 0 Å². The highest BCUT2D eigenvalue weighted by molar-refractivity contribution is 6.38. The number of carbonyl (C=O) groups is 1. The lowest BCUT2D eigenvalue weighted by atomic mass is 10.1. The third kappa shape index (κ3) is 4.77. The van der Waals surface area contributed by atoms with Crippen LogP contribution in [-0.4, -0.2) is 16.1 Å². The van der Waals surface area contributed by atoms with E-state index < -0.39 is 5.97 Å². The van der Waals surface area contributed by atoms with Crippen molar-refractivity contribution in [2.45, 2.75) is 6.42 Å². The SMILES string of the molecule is N#Cc1cccc(Cl)c1CC(=O)O.O=c1cc2c(Cl)cccc2c(Cl)[nH]1. The molecule has 0 radical (unpaired) electrons. The van der Waals surface area contributed by atoms with Crippen molar-refractivity contribution < 1.29 is 9.90 Å². The summed E-state index contributed by atoms with van der Waals surface area (Å²) in [7, 11) is 0. The molecule has 0 spiro atoms. The molecule has 0 unspecified atom stereocenters. The number of halogens is 3. The van der Waals surface area contributed by atoms with Crippen molar-refractivity contribution >= 4 is 51.5 Å². The molecule has 1 heterocycles. The molecule has 0 aliphatic heterocycles. The van der Waals surface area contributed by atoms with Crippen LogP contribution in [0.25, 0.3) is 10.8 Å². The number of nitrogens with one attached hydrogen (secondary N) is 1. The number of pyridine rings is 1. The Morgan fingerprint density at radius 1 is 1.08 bits per heavy atom. The summed E-state index contributed by atoms with van der Waals surface area (Å²) in [5.74, 6) is -0.996. The van der Waals surface area contributed by atoms with E-state index in [1.54, 1.807) is 36.4 Å². The number of benzene rings is 2. The van der Waals surface area contributed by atoms with Crippen LogP contribution in [0.5, 0.6) is 0 Å². The van der Waals surface area contributed by atoms with Gasteiger partial charge in [-0.3, -0.25) is 9.59 Å². The second kappa shape index (κ2) is 8.72. The van der Waals surface area contributed by atoms with Crippen LogP contribution in [-0.2, 0) is 11.2 Å². The molecule has 0 saturated carbocycles. The summed E-state index contributed by atoms with van der Waals surface area (Å²) in [6.45, 7) is 0. The van der Waals surface area contributed by atoms with Crippen molar-refractivity contribution in [1.29, 1.82) is 5.26 Å². The molecule has 0 atom stereocenters. The molecular weight excluding hydrogens is 399 g/mol. The fourth-order valence-corrected chi connectivity index (χ4v) is 2.94. The number of nitrogens with zero attached hydrogens (tertiary/aromatic N) is 1. The number of hydrogen-bond donors (Lipinski definition) is 2. The van der Waals surface area contributed by atoms with Gasteiger partial charge in [0.1, 0.15) is 5.15 Å². The van der Waals surface area contributed by atoms with Gasteiger partial charge in [-0.05, 0) is 23.8 Å². The summed E-state index contributed by atoms with van der Waals surface area (Å²) in [5.41, 5.74) is 0.444. The van der Waals surface area contributed by atoms with E-state index in [1.165, 1.54) is 6.07 Å². The highest BCUT2D eigenvalue weighted by Crippen LogP contribution is 2.25. The molecule has 1 aromatic heterocycles. The molecule has 2 N–H and O–H groups in total. The fourth-order valence-electron chi connectivity index (χ4n) is 2.21. The zero-order valence-corrected chi connectivity index (χ0v) is 15.4. The molecule has 26 heavy (non-hydrogen) atoms. The van der Waals surface area contributed by atoms with Crippen molar-refractivity contribution in [3.05, 3.63) is 79.1 Å². The summed E-state index contributed by atoms with van der Waals surface area (Å²) in [6.07, 6.45) is -0.220. The van der Waals surface area contributed by atoms with Crippen LogP contribution >= 0.6 is 34.8 Å². The Kier molecular flexibility index (Phi) is 6.64. The van der Waals surface area contributed by atoms with Crippen LogP contribution < -0.4 is 5.56 Å². The van der Waals surface area contributed by atoms with Gasteiger partial charge in [0, 0.05) is 26.9 Å². The van der Waals surface area contributed by atoms with E-state index in [9.17, 15) is 9.59 Å². The van der Waals surface area contributed by atoms with Gasteiger partial charge in [-0.1, -0.05) is 53.0 Å². The monoisotopic (exact) mass is 408 g/mol.